The monoisotopic (exact) mass is 973 g/mol. The van der Waals surface area contributed by atoms with Crippen LogP contribution in [0.4, 0.5) is 0 Å². The molecule has 4 fully saturated rings. The van der Waals surface area contributed by atoms with Crippen molar-refractivity contribution in [3.63, 3.8) is 0 Å². The van der Waals surface area contributed by atoms with Crippen LogP contribution in [0.25, 0.3) is 11.1 Å². The third-order valence-electron chi connectivity index (χ3n) is 17.1. The molecule has 0 nitrogen and oxygen atoms in total. The molecule has 0 N–H and O–H groups in total. The van der Waals surface area contributed by atoms with E-state index in [-0.39, 0.29) is 25.7 Å². The van der Waals surface area contributed by atoms with Crippen molar-refractivity contribution in [1.29, 1.82) is 0 Å². The molecule has 8 atom stereocenters. The third-order valence-corrected chi connectivity index (χ3v) is 23.4. The number of fused-ring (bicyclic) bond motifs is 2. The van der Waals surface area contributed by atoms with Crippen molar-refractivity contribution in [3.05, 3.63) is 107 Å². The van der Waals surface area contributed by atoms with Crippen LogP contribution in [0.3, 0.4) is 0 Å². The molecule has 2 aromatic carbocycles. The van der Waals surface area contributed by atoms with E-state index in [4.69, 9.17) is 17.0 Å². The molecule has 0 amide bonds. The molecule has 0 aliphatic heterocycles. The molecule has 62 heavy (non-hydrogen) atoms. The van der Waals surface area contributed by atoms with E-state index >= 15 is 0 Å². The van der Waals surface area contributed by atoms with Gasteiger partial charge in [0, 0.05) is 0 Å². The Hall–Kier alpha value is -0.920. The molecule has 4 saturated carbocycles. The molecule has 0 spiro atoms. The van der Waals surface area contributed by atoms with Gasteiger partial charge in [-0.15, -0.1) is 0 Å². The van der Waals surface area contributed by atoms with Crippen molar-refractivity contribution in [2.75, 3.05) is 0 Å². The maximum atomic E-state index is 4.93. The van der Waals surface area contributed by atoms with E-state index < -0.39 is 28.9 Å². The van der Waals surface area contributed by atoms with Gasteiger partial charge in [-0.3, -0.25) is 0 Å². The van der Waals surface area contributed by atoms with Crippen molar-refractivity contribution in [2.45, 2.75) is 194 Å². The summed E-state index contributed by atoms with van der Waals surface area (Å²) in [5, 5.41) is 0. The van der Waals surface area contributed by atoms with Gasteiger partial charge in [-0.1, -0.05) is 232 Å². The number of hydrogen-bond acceptors (Lipinski definition) is 0. The average molecular weight is 976 g/mol. The van der Waals surface area contributed by atoms with Gasteiger partial charge in [0.05, 0.1) is 8.07 Å². The Labute approximate surface area is 402 Å². The molecule has 8 unspecified atom stereocenters. The van der Waals surface area contributed by atoms with Crippen molar-refractivity contribution in [3.8, 4) is 0 Å². The van der Waals surface area contributed by atoms with Gasteiger partial charge in [-0.05, 0) is 128 Å². The Bertz CT molecular complexity index is 1680. The van der Waals surface area contributed by atoms with Gasteiger partial charge in [-0.2, -0.15) is 0 Å². The zero-order valence-corrected chi connectivity index (χ0v) is 43.9. The first-order valence-electron chi connectivity index (χ1n) is 24.7. The summed E-state index contributed by atoms with van der Waals surface area (Å²) >= 11 is -0.826. The molecule has 0 bridgehead atoms. The summed E-state index contributed by atoms with van der Waals surface area (Å²) in [7, 11) is 7.99. The second kappa shape index (κ2) is 22.7. The molecule has 0 radical (unpaired) electrons. The molecule has 0 aromatic heterocycles. The predicted octanol–water partition coefficient (Wildman–Crippen LogP) is 19.2. The summed E-state index contributed by atoms with van der Waals surface area (Å²) in [5.74, 6) is 6.38. The number of rotatable bonds is 10. The van der Waals surface area contributed by atoms with Crippen LogP contribution in [0.2, 0.25) is 23.7 Å². The third kappa shape index (κ3) is 11.6. The number of hydrogen-bond donors (Lipinski definition) is 0. The molecule has 342 valence electrons. The van der Waals surface area contributed by atoms with Gasteiger partial charge in [0.25, 0.3) is 0 Å². The summed E-state index contributed by atoms with van der Waals surface area (Å²) < 4.78 is 0. The van der Waals surface area contributed by atoms with Crippen LogP contribution >= 0.6 is 17.0 Å². The van der Waals surface area contributed by atoms with Crippen molar-refractivity contribution in [1.82, 2.24) is 0 Å². The van der Waals surface area contributed by atoms with E-state index in [1.165, 1.54) is 125 Å². The number of benzene rings is 2. The number of halogens is 2. The summed E-state index contributed by atoms with van der Waals surface area (Å²) in [6.45, 7) is 19.7. The zero-order chi connectivity index (χ0) is 42.7. The SMILES string of the molecule is C.C.CCC[Si](C)(C1C(CC2CCCCC2)CC2C(c3ccc(C(C)(C)C)cc3)=CC=CC21)C1C(CC2CCCCC2)CC2C(c3ccc(C(C)(C)C)cc3)=CC=CC21.[Cl][Zr][Cl]. The molecule has 8 rings (SSSR count). The molecule has 0 heterocycles. The van der Waals surface area contributed by atoms with Crippen LogP contribution in [-0.2, 0) is 31.7 Å². The Morgan fingerprint density at radius 3 is 1.26 bits per heavy atom. The van der Waals surface area contributed by atoms with Crippen LogP contribution in [0, 0.1) is 47.3 Å². The average Bonchev–Trinajstić information content (AvgIpc) is 3.80. The van der Waals surface area contributed by atoms with Crippen molar-refractivity contribution >= 4 is 36.2 Å². The van der Waals surface area contributed by atoms with E-state index in [1.807, 2.05) is 0 Å². The van der Waals surface area contributed by atoms with Crippen molar-refractivity contribution in [2.24, 2.45) is 47.3 Å². The second-order valence-electron chi connectivity index (χ2n) is 22.9. The summed E-state index contributed by atoms with van der Waals surface area (Å²) in [4.78, 5) is 0. The quantitative estimate of drug-likeness (QED) is 0.208. The van der Waals surface area contributed by atoms with Crippen LogP contribution in [0.1, 0.15) is 182 Å². The van der Waals surface area contributed by atoms with E-state index in [9.17, 15) is 0 Å². The Kier molecular flexibility index (Phi) is 19.1. The minimum atomic E-state index is -1.88. The van der Waals surface area contributed by atoms with E-state index in [0.29, 0.717) is 23.7 Å². The maximum absolute atomic E-state index is 4.93. The van der Waals surface area contributed by atoms with Gasteiger partial charge in [-0.25, -0.2) is 0 Å². The van der Waals surface area contributed by atoms with Gasteiger partial charge in [0.2, 0.25) is 0 Å². The first kappa shape index (κ1) is 52.1. The van der Waals surface area contributed by atoms with Crippen LogP contribution in [-0.4, -0.2) is 8.07 Å². The van der Waals surface area contributed by atoms with Gasteiger partial charge >= 0.3 is 37.9 Å². The molecule has 0 saturated heterocycles. The summed E-state index contributed by atoms with van der Waals surface area (Å²) in [5.41, 5.74) is 11.4. The first-order chi connectivity index (χ1) is 28.8. The van der Waals surface area contributed by atoms with Gasteiger partial charge in [0.1, 0.15) is 0 Å². The standard InChI is InChI=1S/C56H80Si.2CH4.2ClH.Zr/c1-9-34-57(8,53-43(35-39-18-12-10-13-19-39)37-51-47(22-16-24-49(51)53)41-26-30-45(31-27-41)55(2,3)4)54-44(36-40-20-14-11-15-21-40)38-52-48(23-17-25-50(52)54)42-28-32-46(33-29-42)56(5,6)7;;;;;/h16-17,22-33,39-40,43-44,49-54H,9-15,18-21,34-38H2,1-8H3;2*1H4;2*1H;/q;;;;;+2/p-2. The zero-order valence-electron chi connectivity index (χ0n) is 38.9. The van der Waals surface area contributed by atoms with Crippen LogP contribution < -0.4 is 0 Å². The second-order valence-corrected chi connectivity index (χ2v) is 31.5. The minimum absolute atomic E-state index is 0. The fraction of sp³-hybridized carbons (Fsp3) is 0.655. The summed E-state index contributed by atoms with van der Waals surface area (Å²) in [6.07, 6.45) is 37.7. The van der Waals surface area contributed by atoms with E-state index in [0.717, 1.165) is 34.8 Å². The Morgan fingerprint density at radius 2 is 0.935 bits per heavy atom. The van der Waals surface area contributed by atoms with E-state index in [2.05, 4.69) is 140 Å². The van der Waals surface area contributed by atoms with Crippen LogP contribution in [0.15, 0.2) is 85.0 Å². The fourth-order valence-electron chi connectivity index (χ4n) is 14.6. The summed E-state index contributed by atoms with van der Waals surface area (Å²) in [6, 6.07) is 21.2. The number of allylic oxidation sites excluding steroid dienone is 8. The van der Waals surface area contributed by atoms with E-state index in [1.54, 1.807) is 11.1 Å². The van der Waals surface area contributed by atoms with Gasteiger partial charge in [0.15, 0.2) is 0 Å². The molecule has 6 aliphatic carbocycles. The predicted molar refractivity (Wildman–Crippen MR) is 276 cm³/mol. The molecule has 4 heteroatoms. The van der Waals surface area contributed by atoms with Crippen LogP contribution in [0.5, 0.6) is 0 Å². The fourth-order valence-corrected chi connectivity index (χ4v) is 21.9. The first-order valence-corrected chi connectivity index (χ1v) is 33.9. The van der Waals surface area contributed by atoms with Crippen molar-refractivity contribution < 1.29 is 20.8 Å². The van der Waals surface area contributed by atoms with Gasteiger partial charge < -0.3 is 0 Å². The Balaban J connectivity index is 0.00000141. The molecular weight excluding hydrogens is 887 g/mol. The molecule has 6 aliphatic rings. The normalized spacial score (nSPS) is 29.7. The molecule has 2 aromatic rings. The topological polar surface area (TPSA) is 0 Å². The molecular formula is C58H88Cl2SiZr. The Morgan fingerprint density at radius 1 is 0.581 bits per heavy atom.